The molecule has 0 atom stereocenters. The van der Waals surface area contributed by atoms with Crippen molar-refractivity contribution in [1.29, 1.82) is 0 Å². The lowest BCUT2D eigenvalue weighted by Gasteiger charge is -2.29. The number of hydrogen-bond acceptors (Lipinski definition) is 5. The summed E-state index contributed by atoms with van der Waals surface area (Å²) in [6.45, 7) is 7.30. The maximum absolute atomic E-state index is 13.0. The van der Waals surface area contributed by atoms with Gasteiger partial charge in [-0.3, -0.25) is 4.79 Å². The first-order valence-corrected chi connectivity index (χ1v) is 11.1. The van der Waals surface area contributed by atoms with Crippen LogP contribution in [0, 0.1) is 5.41 Å². The van der Waals surface area contributed by atoms with Gasteiger partial charge in [-0.1, -0.05) is 13.8 Å². The number of carbonyl (C=O) groups is 1. The summed E-state index contributed by atoms with van der Waals surface area (Å²) in [7, 11) is 3.39. The number of nitrogens with zero attached hydrogens (tertiary/aromatic N) is 3. The molecule has 1 fully saturated rings. The molecule has 0 aromatic heterocycles. The second kappa shape index (κ2) is 8.80. The first-order valence-electron chi connectivity index (χ1n) is 9.68. The van der Waals surface area contributed by atoms with Gasteiger partial charge in [-0.15, -0.1) is 0 Å². The molecule has 0 unspecified atom stereocenters. The predicted octanol–water partition coefficient (Wildman–Crippen LogP) is 1.85. The molecule has 0 spiro atoms. The molecule has 0 aliphatic carbocycles. The molecular formula is C20H34N4O3S. The lowest BCUT2D eigenvalue weighted by Crippen LogP contribution is -2.40. The Morgan fingerprint density at radius 3 is 2.29 bits per heavy atom. The summed E-state index contributed by atoms with van der Waals surface area (Å²) >= 11 is 0. The molecule has 1 amide bonds. The van der Waals surface area contributed by atoms with Crippen molar-refractivity contribution in [3.63, 3.8) is 0 Å². The van der Waals surface area contributed by atoms with Crippen LogP contribution in [0.1, 0.15) is 37.0 Å². The molecule has 0 bridgehead atoms. The Morgan fingerprint density at radius 1 is 1.14 bits per heavy atom. The summed E-state index contributed by atoms with van der Waals surface area (Å²) in [6, 6.07) is 4.87. The molecule has 0 saturated carbocycles. The largest absolute Gasteiger partial charge is 0.371 e. The van der Waals surface area contributed by atoms with Gasteiger partial charge < -0.3 is 15.1 Å². The topological polar surface area (TPSA) is 73.0 Å². The summed E-state index contributed by atoms with van der Waals surface area (Å²) in [4.78, 5) is 17.4. The number of carbonyl (C=O) groups excluding carboxylic acids is 1. The Kier molecular flexibility index (Phi) is 7.12. The van der Waals surface area contributed by atoms with Crippen LogP contribution < -0.4 is 10.2 Å². The highest BCUT2D eigenvalue weighted by atomic mass is 32.2. The first-order chi connectivity index (χ1) is 12.9. The zero-order chi connectivity index (χ0) is 21.1. The molecule has 158 valence electrons. The summed E-state index contributed by atoms with van der Waals surface area (Å²) < 4.78 is 26.3. The lowest BCUT2D eigenvalue weighted by atomic mass is 9.93. The molecule has 7 nitrogen and oxygen atoms in total. The van der Waals surface area contributed by atoms with E-state index in [0.29, 0.717) is 12.1 Å². The number of benzene rings is 1. The Bertz CT molecular complexity index is 798. The molecule has 1 aliphatic rings. The Hall–Kier alpha value is -1.64. The lowest BCUT2D eigenvalue weighted by molar-refractivity contribution is 0.0929. The van der Waals surface area contributed by atoms with Crippen LogP contribution in [0.25, 0.3) is 0 Å². The fourth-order valence-corrected chi connectivity index (χ4v) is 4.56. The predicted molar refractivity (Wildman–Crippen MR) is 113 cm³/mol. The van der Waals surface area contributed by atoms with Gasteiger partial charge in [0.15, 0.2) is 0 Å². The minimum Gasteiger partial charge on any atom is -0.371 e. The van der Waals surface area contributed by atoms with Gasteiger partial charge in [0, 0.05) is 46.0 Å². The Labute approximate surface area is 169 Å². The van der Waals surface area contributed by atoms with Gasteiger partial charge in [0.05, 0.1) is 10.5 Å². The van der Waals surface area contributed by atoms with E-state index in [1.807, 2.05) is 14.1 Å². The van der Waals surface area contributed by atoms with E-state index in [1.54, 1.807) is 12.1 Å². The van der Waals surface area contributed by atoms with E-state index in [4.69, 9.17) is 0 Å². The van der Waals surface area contributed by atoms with Crippen molar-refractivity contribution in [2.24, 2.45) is 5.41 Å². The van der Waals surface area contributed by atoms with Crippen molar-refractivity contribution >= 4 is 21.6 Å². The third-order valence-corrected chi connectivity index (χ3v) is 6.72. The second-order valence-corrected chi connectivity index (χ2v) is 10.9. The number of anilines is 1. The number of rotatable bonds is 8. The van der Waals surface area contributed by atoms with Gasteiger partial charge >= 0.3 is 0 Å². The van der Waals surface area contributed by atoms with Crippen LogP contribution in [0.5, 0.6) is 0 Å². The molecule has 1 aliphatic heterocycles. The molecule has 1 aromatic carbocycles. The zero-order valence-corrected chi connectivity index (χ0v) is 18.8. The van der Waals surface area contributed by atoms with Crippen LogP contribution in [-0.2, 0) is 10.0 Å². The molecular weight excluding hydrogens is 376 g/mol. The molecule has 28 heavy (non-hydrogen) atoms. The van der Waals surface area contributed by atoms with E-state index in [1.165, 1.54) is 24.5 Å². The summed E-state index contributed by atoms with van der Waals surface area (Å²) in [5.74, 6) is -0.232. The average Bonchev–Trinajstić information content (AvgIpc) is 3.12. The van der Waals surface area contributed by atoms with Crippen LogP contribution in [-0.4, -0.2) is 77.9 Å². The number of nitrogens with one attached hydrogen (secondary N) is 1. The second-order valence-electron chi connectivity index (χ2n) is 8.75. The van der Waals surface area contributed by atoms with Gasteiger partial charge in [-0.25, -0.2) is 12.7 Å². The Morgan fingerprint density at radius 2 is 1.75 bits per heavy atom. The van der Waals surface area contributed by atoms with Gasteiger partial charge in [-0.05, 0) is 50.6 Å². The SMILES string of the molecule is CN(C)CC(C)(C)CNC(=O)c1cc(S(=O)(=O)N(C)C)ccc1N1CCCC1. The highest BCUT2D eigenvalue weighted by Gasteiger charge is 2.26. The van der Waals surface area contributed by atoms with E-state index < -0.39 is 10.0 Å². The summed E-state index contributed by atoms with van der Waals surface area (Å²) in [5, 5.41) is 3.02. The molecule has 1 saturated heterocycles. The highest BCUT2D eigenvalue weighted by Crippen LogP contribution is 2.28. The molecule has 2 rings (SSSR count). The van der Waals surface area contributed by atoms with Crippen molar-refractivity contribution in [1.82, 2.24) is 14.5 Å². The first kappa shape index (κ1) is 22.6. The van der Waals surface area contributed by atoms with Crippen molar-refractivity contribution in [3.8, 4) is 0 Å². The van der Waals surface area contributed by atoms with Crippen LogP contribution >= 0.6 is 0 Å². The quantitative estimate of drug-likeness (QED) is 0.708. The summed E-state index contributed by atoms with van der Waals surface area (Å²) in [6.07, 6.45) is 2.16. The van der Waals surface area contributed by atoms with Crippen molar-refractivity contribution < 1.29 is 13.2 Å². The third-order valence-electron chi connectivity index (χ3n) is 4.91. The van der Waals surface area contributed by atoms with E-state index in [0.717, 1.165) is 38.2 Å². The average molecular weight is 411 g/mol. The maximum Gasteiger partial charge on any atom is 0.253 e. The third kappa shape index (κ3) is 5.46. The van der Waals surface area contributed by atoms with Gasteiger partial charge in [0.25, 0.3) is 5.91 Å². The van der Waals surface area contributed by atoms with Crippen LogP contribution in [0.4, 0.5) is 5.69 Å². The normalized spacial score (nSPS) is 15.5. The van der Waals surface area contributed by atoms with Crippen molar-refractivity contribution in [3.05, 3.63) is 23.8 Å². The number of amides is 1. The maximum atomic E-state index is 13.0. The number of sulfonamides is 1. The van der Waals surface area contributed by atoms with Crippen molar-refractivity contribution in [2.45, 2.75) is 31.6 Å². The molecule has 0 radical (unpaired) electrons. The minimum absolute atomic E-state index is 0.0969. The minimum atomic E-state index is -3.60. The van der Waals surface area contributed by atoms with E-state index in [2.05, 4.69) is 29.0 Å². The van der Waals surface area contributed by atoms with Crippen LogP contribution in [0.2, 0.25) is 0 Å². The van der Waals surface area contributed by atoms with E-state index in [9.17, 15) is 13.2 Å². The number of hydrogen-bond donors (Lipinski definition) is 1. The van der Waals surface area contributed by atoms with E-state index in [-0.39, 0.29) is 16.2 Å². The van der Waals surface area contributed by atoms with Crippen molar-refractivity contribution in [2.75, 3.05) is 59.3 Å². The van der Waals surface area contributed by atoms with Gasteiger partial charge in [0.2, 0.25) is 10.0 Å². The summed E-state index contributed by atoms with van der Waals surface area (Å²) in [5.41, 5.74) is 1.13. The highest BCUT2D eigenvalue weighted by molar-refractivity contribution is 7.89. The van der Waals surface area contributed by atoms with Gasteiger partial charge in [0.1, 0.15) is 0 Å². The fraction of sp³-hybridized carbons (Fsp3) is 0.650. The van der Waals surface area contributed by atoms with Crippen LogP contribution in [0.3, 0.4) is 0 Å². The van der Waals surface area contributed by atoms with E-state index >= 15 is 0 Å². The zero-order valence-electron chi connectivity index (χ0n) is 17.9. The smallest absolute Gasteiger partial charge is 0.253 e. The Balaban J connectivity index is 2.34. The van der Waals surface area contributed by atoms with Gasteiger partial charge in [-0.2, -0.15) is 0 Å². The molecule has 1 N–H and O–H groups in total. The molecule has 8 heteroatoms. The fourth-order valence-electron chi connectivity index (χ4n) is 3.63. The van der Waals surface area contributed by atoms with Crippen LogP contribution in [0.15, 0.2) is 23.1 Å². The monoisotopic (exact) mass is 410 g/mol. The molecule has 1 heterocycles. The molecule has 1 aromatic rings. The standard InChI is InChI=1S/C20H34N4O3S/c1-20(2,15-22(3)4)14-21-19(25)17-13-16(28(26,27)23(5)6)9-10-18(17)24-11-7-8-12-24/h9-10,13H,7-8,11-12,14-15H2,1-6H3,(H,21,25).